The quantitative estimate of drug-likeness (QED) is 0.393. The summed E-state index contributed by atoms with van der Waals surface area (Å²) in [5, 5.41) is 13.2. The summed E-state index contributed by atoms with van der Waals surface area (Å²) in [4.78, 5) is 25.5. The molecule has 35 heavy (non-hydrogen) atoms. The molecule has 2 fully saturated rings. The maximum atomic E-state index is 11.8. The third kappa shape index (κ3) is 5.49. The molecule has 2 heterocycles. The molecule has 2 aromatic heterocycles. The van der Waals surface area contributed by atoms with E-state index in [4.69, 9.17) is 4.98 Å². The Morgan fingerprint density at radius 2 is 1.83 bits per heavy atom. The Labute approximate surface area is 208 Å². The third-order valence-corrected chi connectivity index (χ3v) is 7.46. The molecule has 2 saturated carbocycles. The van der Waals surface area contributed by atoms with Crippen LogP contribution < -0.4 is 5.32 Å². The average molecular weight is 478 g/mol. The van der Waals surface area contributed by atoms with Crippen molar-refractivity contribution in [1.29, 1.82) is 0 Å². The maximum absolute atomic E-state index is 11.8. The number of aryl methyl sites for hydroxylation is 1. The van der Waals surface area contributed by atoms with Crippen LogP contribution in [0.15, 0.2) is 24.3 Å². The number of carbonyl (C=O) groups is 1. The van der Waals surface area contributed by atoms with Gasteiger partial charge in [-0.3, -0.25) is 0 Å². The summed E-state index contributed by atoms with van der Waals surface area (Å²) in [6, 6.07) is 8.54. The van der Waals surface area contributed by atoms with Gasteiger partial charge in [0.15, 0.2) is 11.5 Å². The zero-order chi connectivity index (χ0) is 24.9. The van der Waals surface area contributed by atoms with Crippen molar-refractivity contribution in [1.82, 2.24) is 19.5 Å². The van der Waals surface area contributed by atoms with E-state index in [0.717, 1.165) is 29.0 Å². The molecule has 0 unspecified atom stereocenters. The molecular formula is C28H39N5O2. The van der Waals surface area contributed by atoms with Crippen LogP contribution in [-0.4, -0.2) is 36.6 Å². The number of aromatic carboxylic acids is 1. The zero-order valence-electron chi connectivity index (χ0n) is 21.5. The number of rotatable bonds is 7. The second kappa shape index (κ2) is 11.2. The van der Waals surface area contributed by atoms with E-state index in [-0.39, 0.29) is 11.9 Å². The van der Waals surface area contributed by atoms with Crippen molar-refractivity contribution in [3.8, 4) is 11.4 Å². The summed E-state index contributed by atoms with van der Waals surface area (Å²) in [5.41, 5.74) is 3.47. The van der Waals surface area contributed by atoms with E-state index in [1.165, 1.54) is 51.4 Å². The van der Waals surface area contributed by atoms with Gasteiger partial charge in [0.25, 0.3) is 0 Å². The van der Waals surface area contributed by atoms with Gasteiger partial charge in [0.1, 0.15) is 11.3 Å². The highest BCUT2D eigenvalue weighted by Gasteiger charge is 2.28. The zero-order valence-corrected chi connectivity index (χ0v) is 21.5. The van der Waals surface area contributed by atoms with E-state index >= 15 is 0 Å². The Kier molecular flexibility index (Phi) is 8.04. The van der Waals surface area contributed by atoms with Crippen molar-refractivity contribution < 1.29 is 9.90 Å². The topological polar surface area (TPSA) is 92.9 Å². The monoisotopic (exact) mass is 477 g/mol. The van der Waals surface area contributed by atoms with Crippen LogP contribution in [0.25, 0.3) is 22.6 Å². The van der Waals surface area contributed by atoms with Crippen molar-refractivity contribution in [2.45, 2.75) is 91.6 Å². The lowest BCUT2D eigenvalue weighted by Gasteiger charge is -2.32. The lowest BCUT2D eigenvalue weighted by atomic mass is 9.80. The van der Waals surface area contributed by atoms with Gasteiger partial charge in [0, 0.05) is 18.2 Å². The minimum Gasteiger partial charge on any atom is -0.475 e. The van der Waals surface area contributed by atoms with Gasteiger partial charge >= 0.3 is 5.97 Å². The summed E-state index contributed by atoms with van der Waals surface area (Å²) < 4.78 is 2.25. The molecule has 1 aromatic carbocycles. The number of fused-ring (bicyclic) bond motifs is 1. The van der Waals surface area contributed by atoms with Crippen molar-refractivity contribution in [2.24, 2.45) is 11.8 Å². The number of hydrogen-bond donors (Lipinski definition) is 2. The number of carboxylic acids is 1. The maximum Gasteiger partial charge on any atom is 0.374 e. The smallest absolute Gasteiger partial charge is 0.374 e. The van der Waals surface area contributed by atoms with E-state index in [1.807, 2.05) is 19.9 Å². The van der Waals surface area contributed by atoms with Gasteiger partial charge in [-0.25, -0.2) is 19.7 Å². The number of carboxylic acid groups (broad SMARTS) is 1. The van der Waals surface area contributed by atoms with Gasteiger partial charge < -0.3 is 15.0 Å². The molecule has 7 nitrogen and oxygen atoms in total. The van der Waals surface area contributed by atoms with E-state index in [9.17, 15) is 9.90 Å². The predicted molar refractivity (Wildman–Crippen MR) is 141 cm³/mol. The van der Waals surface area contributed by atoms with Crippen molar-refractivity contribution in [3.05, 3.63) is 35.7 Å². The van der Waals surface area contributed by atoms with Gasteiger partial charge in [-0.1, -0.05) is 63.3 Å². The SMILES string of the molecule is CC.Cc1cccc(-c2nc3nc(C(=O)O)nc(N[C@H](C)C4CCC4)c3n2CC2CCCCC2)c1. The Morgan fingerprint density at radius 3 is 2.46 bits per heavy atom. The lowest BCUT2D eigenvalue weighted by Crippen LogP contribution is -2.31. The van der Waals surface area contributed by atoms with Crippen LogP contribution in [-0.2, 0) is 6.54 Å². The molecule has 0 bridgehead atoms. The van der Waals surface area contributed by atoms with E-state index in [0.29, 0.717) is 23.3 Å². The van der Waals surface area contributed by atoms with Crippen LogP contribution in [0.1, 0.15) is 88.3 Å². The summed E-state index contributed by atoms with van der Waals surface area (Å²) in [7, 11) is 0. The number of hydrogen-bond acceptors (Lipinski definition) is 5. The van der Waals surface area contributed by atoms with Crippen LogP contribution in [0.2, 0.25) is 0 Å². The Morgan fingerprint density at radius 1 is 1.09 bits per heavy atom. The number of aromatic nitrogens is 4. The van der Waals surface area contributed by atoms with Gasteiger partial charge in [0.05, 0.1) is 0 Å². The number of anilines is 1. The first-order valence-electron chi connectivity index (χ1n) is 13.3. The van der Waals surface area contributed by atoms with E-state index in [1.54, 1.807) is 0 Å². The fraction of sp³-hybridized carbons (Fsp3) is 0.571. The summed E-state index contributed by atoms with van der Waals surface area (Å²) in [5.74, 6) is 1.28. The molecular weight excluding hydrogens is 438 g/mol. The minimum absolute atomic E-state index is 0.205. The highest BCUT2D eigenvalue weighted by Crippen LogP contribution is 2.35. The van der Waals surface area contributed by atoms with Crippen LogP contribution in [0.4, 0.5) is 5.82 Å². The normalized spacial score (nSPS) is 17.4. The second-order valence-electron chi connectivity index (χ2n) is 9.92. The largest absolute Gasteiger partial charge is 0.475 e. The first kappa shape index (κ1) is 25.1. The molecule has 2 aliphatic rings. The van der Waals surface area contributed by atoms with Crippen molar-refractivity contribution in [2.75, 3.05) is 5.32 Å². The molecule has 2 aliphatic carbocycles. The van der Waals surface area contributed by atoms with Gasteiger partial charge in [-0.15, -0.1) is 0 Å². The van der Waals surface area contributed by atoms with Crippen LogP contribution in [0.3, 0.4) is 0 Å². The molecule has 1 atom stereocenters. The fourth-order valence-corrected chi connectivity index (χ4v) is 5.32. The fourth-order valence-electron chi connectivity index (χ4n) is 5.32. The Bertz CT molecular complexity index is 1160. The lowest BCUT2D eigenvalue weighted by molar-refractivity contribution is 0.0684. The summed E-state index contributed by atoms with van der Waals surface area (Å²) in [6.45, 7) is 9.09. The molecule has 0 radical (unpaired) electrons. The van der Waals surface area contributed by atoms with Crippen LogP contribution in [0, 0.1) is 18.8 Å². The molecule has 3 aromatic rings. The highest BCUT2D eigenvalue weighted by molar-refractivity contribution is 5.92. The molecule has 7 heteroatoms. The van der Waals surface area contributed by atoms with Gasteiger partial charge in [-0.2, -0.15) is 0 Å². The minimum atomic E-state index is -1.13. The summed E-state index contributed by atoms with van der Waals surface area (Å²) in [6.07, 6.45) is 9.91. The first-order valence-corrected chi connectivity index (χ1v) is 13.3. The summed E-state index contributed by atoms with van der Waals surface area (Å²) >= 11 is 0. The van der Waals surface area contributed by atoms with Crippen LogP contribution in [0.5, 0.6) is 0 Å². The number of nitrogens with zero attached hydrogens (tertiary/aromatic N) is 4. The van der Waals surface area contributed by atoms with Crippen LogP contribution >= 0.6 is 0 Å². The van der Waals surface area contributed by atoms with Crippen molar-refractivity contribution >= 4 is 23.0 Å². The van der Waals surface area contributed by atoms with Gasteiger partial charge in [0.2, 0.25) is 5.82 Å². The highest BCUT2D eigenvalue weighted by atomic mass is 16.4. The number of imidazole rings is 1. The van der Waals surface area contributed by atoms with Gasteiger partial charge in [-0.05, 0) is 57.4 Å². The number of benzene rings is 1. The molecule has 0 saturated heterocycles. The van der Waals surface area contributed by atoms with E-state index < -0.39 is 5.97 Å². The Hall–Kier alpha value is -2.96. The Balaban J connectivity index is 0.00000141. The average Bonchev–Trinajstić information content (AvgIpc) is 3.18. The predicted octanol–water partition coefficient (Wildman–Crippen LogP) is 6.71. The standard InChI is InChI=1S/C26H33N5O2.C2H6/c1-16-8-6-13-20(14-16)25-30-23-21(31(25)15-18-9-4-3-5-10-18)22(28-24(29-23)26(32)33)27-17(2)19-11-7-12-19;1-2/h6,8,13-14,17-19H,3-5,7,9-12,15H2,1-2H3,(H,32,33)(H,27,28,29);1-2H3/t17-;/m1./s1. The molecule has 5 rings (SSSR count). The van der Waals surface area contributed by atoms with Crippen molar-refractivity contribution in [3.63, 3.8) is 0 Å². The first-order chi connectivity index (χ1) is 17.0. The molecule has 0 aliphatic heterocycles. The molecule has 0 amide bonds. The molecule has 0 spiro atoms. The van der Waals surface area contributed by atoms with E-state index in [2.05, 4.69) is 51.9 Å². The number of nitrogens with one attached hydrogen (secondary N) is 1. The molecule has 2 N–H and O–H groups in total. The molecule has 188 valence electrons. The third-order valence-electron chi connectivity index (χ3n) is 7.46. The second-order valence-corrected chi connectivity index (χ2v) is 9.92.